The molecular formula is C13H10N2O2. The smallest absolute Gasteiger partial charge is 0.165 e. The summed E-state index contributed by atoms with van der Waals surface area (Å²) in [6.45, 7) is 0. The van der Waals surface area contributed by atoms with E-state index in [1.54, 1.807) is 30.5 Å². The van der Waals surface area contributed by atoms with Crippen LogP contribution in [0.25, 0.3) is 11.1 Å². The van der Waals surface area contributed by atoms with E-state index in [1.807, 2.05) is 6.07 Å². The van der Waals surface area contributed by atoms with Crippen molar-refractivity contribution < 1.29 is 9.84 Å². The number of ether oxygens (including phenoxy) is 1. The number of aromatic nitrogens is 1. The maximum absolute atomic E-state index is 9.97. The molecule has 1 heterocycles. The lowest BCUT2D eigenvalue weighted by Gasteiger charge is -2.08. The van der Waals surface area contributed by atoms with Crippen molar-refractivity contribution in [3.8, 4) is 28.7 Å². The summed E-state index contributed by atoms with van der Waals surface area (Å²) >= 11 is 0. The lowest BCUT2D eigenvalue weighted by atomic mass is 10.0. The molecule has 0 aliphatic rings. The minimum Gasteiger partial charge on any atom is -0.504 e. The zero-order valence-corrected chi connectivity index (χ0v) is 9.21. The van der Waals surface area contributed by atoms with E-state index in [4.69, 9.17) is 10.00 Å². The molecule has 0 amide bonds. The van der Waals surface area contributed by atoms with Crippen molar-refractivity contribution in [1.29, 1.82) is 5.26 Å². The van der Waals surface area contributed by atoms with Crippen LogP contribution in [0.1, 0.15) is 5.56 Å². The van der Waals surface area contributed by atoms with E-state index in [0.717, 1.165) is 0 Å². The average Bonchev–Trinajstić information content (AvgIpc) is 2.39. The van der Waals surface area contributed by atoms with Crippen LogP contribution in [0.15, 0.2) is 36.7 Å². The molecule has 84 valence electrons. The predicted octanol–water partition coefficient (Wildman–Crippen LogP) is 2.33. The Morgan fingerprint density at radius 3 is 2.88 bits per heavy atom. The number of benzene rings is 1. The van der Waals surface area contributed by atoms with Crippen molar-refractivity contribution >= 4 is 0 Å². The zero-order chi connectivity index (χ0) is 12.3. The molecule has 0 atom stereocenters. The first-order valence-corrected chi connectivity index (χ1v) is 4.97. The third kappa shape index (κ3) is 2.04. The zero-order valence-electron chi connectivity index (χ0n) is 9.21. The Morgan fingerprint density at radius 1 is 1.35 bits per heavy atom. The van der Waals surface area contributed by atoms with Gasteiger partial charge in [0.1, 0.15) is 6.07 Å². The molecule has 0 fully saturated rings. The van der Waals surface area contributed by atoms with Crippen molar-refractivity contribution in [2.75, 3.05) is 7.11 Å². The lowest BCUT2D eigenvalue weighted by Crippen LogP contribution is -1.87. The third-order valence-corrected chi connectivity index (χ3v) is 2.40. The molecule has 0 aliphatic carbocycles. The minimum atomic E-state index is 0.0480. The van der Waals surface area contributed by atoms with Crippen LogP contribution in [-0.4, -0.2) is 17.2 Å². The second-order valence-corrected chi connectivity index (χ2v) is 3.43. The van der Waals surface area contributed by atoms with Crippen LogP contribution in [0.4, 0.5) is 0 Å². The minimum absolute atomic E-state index is 0.0480. The van der Waals surface area contributed by atoms with Gasteiger partial charge in [0.05, 0.1) is 12.7 Å². The fourth-order valence-electron chi connectivity index (χ4n) is 1.57. The van der Waals surface area contributed by atoms with E-state index in [2.05, 4.69) is 4.98 Å². The molecule has 0 radical (unpaired) electrons. The first kappa shape index (κ1) is 11.0. The van der Waals surface area contributed by atoms with Crippen molar-refractivity contribution in [1.82, 2.24) is 4.98 Å². The number of para-hydroxylation sites is 1. The maximum Gasteiger partial charge on any atom is 0.165 e. The van der Waals surface area contributed by atoms with E-state index in [1.165, 1.54) is 13.3 Å². The molecule has 2 rings (SSSR count). The maximum atomic E-state index is 9.97. The Hall–Kier alpha value is -2.54. The molecule has 0 spiro atoms. The molecule has 4 heteroatoms. The number of nitrogens with zero attached hydrogens (tertiary/aromatic N) is 2. The highest BCUT2D eigenvalue weighted by atomic mass is 16.5. The molecule has 0 saturated heterocycles. The van der Waals surface area contributed by atoms with Gasteiger partial charge in [0, 0.05) is 23.5 Å². The van der Waals surface area contributed by atoms with Gasteiger partial charge in [-0.25, -0.2) is 0 Å². The summed E-state index contributed by atoms with van der Waals surface area (Å²) < 4.78 is 5.03. The van der Waals surface area contributed by atoms with Gasteiger partial charge in [-0.2, -0.15) is 5.26 Å². The van der Waals surface area contributed by atoms with Crippen molar-refractivity contribution in [2.24, 2.45) is 0 Å². The van der Waals surface area contributed by atoms with Crippen LogP contribution in [0.5, 0.6) is 11.5 Å². The first-order valence-electron chi connectivity index (χ1n) is 4.97. The lowest BCUT2D eigenvalue weighted by molar-refractivity contribution is 0.374. The average molecular weight is 226 g/mol. The number of hydrogen-bond acceptors (Lipinski definition) is 4. The fraction of sp³-hybridized carbons (Fsp3) is 0.0769. The quantitative estimate of drug-likeness (QED) is 0.853. The van der Waals surface area contributed by atoms with Crippen LogP contribution < -0.4 is 4.74 Å². The van der Waals surface area contributed by atoms with E-state index in [0.29, 0.717) is 22.4 Å². The largest absolute Gasteiger partial charge is 0.504 e. The summed E-state index contributed by atoms with van der Waals surface area (Å²) in [5, 5.41) is 18.8. The van der Waals surface area contributed by atoms with Crippen LogP contribution in [-0.2, 0) is 0 Å². The summed E-state index contributed by atoms with van der Waals surface area (Å²) in [4.78, 5) is 3.95. The van der Waals surface area contributed by atoms with E-state index >= 15 is 0 Å². The molecule has 1 N–H and O–H groups in total. The van der Waals surface area contributed by atoms with E-state index in [-0.39, 0.29) is 5.75 Å². The summed E-state index contributed by atoms with van der Waals surface area (Å²) in [6.07, 6.45) is 3.07. The molecule has 17 heavy (non-hydrogen) atoms. The first-order chi connectivity index (χ1) is 8.26. The van der Waals surface area contributed by atoms with Gasteiger partial charge in [-0.3, -0.25) is 4.98 Å². The van der Waals surface area contributed by atoms with Crippen LogP contribution in [0.3, 0.4) is 0 Å². The predicted molar refractivity (Wildman–Crippen MR) is 62.6 cm³/mol. The normalized spacial score (nSPS) is 9.65. The molecule has 0 saturated carbocycles. The molecule has 0 unspecified atom stereocenters. The topological polar surface area (TPSA) is 66.1 Å². The number of rotatable bonds is 2. The third-order valence-electron chi connectivity index (χ3n) is 2.40. The van der Waals surface area contributed by atoms with Crippen molar-refractivity contribution in [2.45, 2.75) is 0 Å². The molecule has 0 bridgehead atoms. The summed E-state index contributed by atoms with van der Waals surface area (Å²) in [5.74, 6) is 0.441. The Kier molecular flexibility index (Phi) is 2.93. The van der Waals surface area contributed by atoms with Gasteiger partial charge < -0.3 is 9.84 Å². The molecule has 0 aliphatic heterocycles. The fourth-order valence-corrected chi connectivity index (χ4v) is 1.57. The van der Waals surface area contributed by atoms with E-state index in [9.17, 15) is 5.11 Å². The van der Waals surface area contributed by atoms with Gasteiger partial charge in [0.25, 0.3) is 0 Å². The van der Waals surface area contributed by atoms with Crippen LogP contribution in [0.2, 0.25) is 0 Å². The molecule has 1 aromatic carbocycles. The SMILES string of the molecule is COc1cccc(-c2cncc(C#N)c2)c1O. The van der Waals surface area contributed by atoms with Gasteiger partial charge in [-0.15, -0.1) is 0 Å². The Balaban J connectivity index is 2.57. The van der Waals surface area contributed by atoms with Gasteiger partial charge in [-0.05, 0) is 12.1 Å². The van der Waals surface area contributed by atoms with Crippen LogP contribution >= 0.6 is 0 Å². The number of methoxy groups -OCH3 is 1. The second kappa shape index (κ2) is 4.54. The van der Waals surface area contributed by atoms with E-state index < -0.39 is 0 Å². The number of phenols is 1. The Labute approximate surface area is 98.7 Å². The second-order valence-electron chi connectivity index (χ2n) is 3.43. The van der Waals surface area contributed by atoms with Crippen molar-refractivity contribution in [3.63, 3.8) is 0 Å². The summed E-state index contributed by atoms with van der Waals surface area (Å²) in [6, 6.07) is 8.86. The Bertz CT molecular complexity index is 588. The summed E-state index contributed by atoms with van der Waals surface area (Å²) in [5.41, 5.74) is 1.72. The summed E-state index contributed by atoms with van der Waals surface area (Å²) in [7, 11) is 1.49. The highest BCUT2D eigenvalue weighted by Gasteiger charge is 2.09. The number of nitriles is 1. The van der Waals surface area contributed by atoms with Gasteiger partial charge in [0.15, 0.2) is 11.5 Å². The molecule has 1 aromatic heterocycles. The number of phenolic OH excluding ortho intramolecular Hbond substituents is 1. The molecule has 2 aromatic rings. The molecular weight excluding hydrogens is 216 g/mol. The van der Waals surface area contributed by atoms with Crippen molar-refractivity contribution in [3.05, 3.63) is 42.2 Å². The number of aromatic hydroxyl groups is 1. The van der Waals surface area contributed by atoms with Crippen LogP contribution in [0, 0.1) is 11.3 Å². The van der Waals surface area contributed by atoms with Gasteiger partial charge in [0.2, 0.25) is 0 Å². The molecule has 4 nitrogen and oxygen atoms in total. The highest BCUT2D eigenvalue weighted by Crippen LogP contribution is 2.36. The number of pyridine rings is 1. The monoisotopic (exact) mass is 226 g/mol. The highest BCUT2D eigenvalue weighted by molar-refractivity contribution is 5.73. The Morgan fingerprint density at radius 2 is 2.18 bits per heavy atom. The van der Waals surface area contributed by atoms with Gasteiger partial charge in [-0.1, -0.05) is 12.1 Å². The number of hydrogen-bond donors (Lipinski definition) is 1. The van der Waals surface area contributed by atoms with Gasteiger partial charge >= 0.3 is 0 Å². The standard InChI is InChI=1S/C13H10N2O2/c1-17-12-4-2-3-11(13(12)16)10-5-9(6-14)7-15-8-10/h2-5,7-8,16H,1H3.